The number of hydrogen-bond acceptors (Lipinski definition) is 4. The number of aryl methyl sites for hydroxylation is 1. The molecule has 0 spiro atoms. The predicted octanol–water partition coefficient (Wildman–Crippen LogP) is 1.94. The summed E-state index contributed by atoms with van der Waals surface area (Å²) >= 11 is 0. The number of nitrogens with two attached hydrogens (primary N) is 2. The maximum Gasteiger partial charge on any atom is 0.134 e. The lowest BCUT2D eigenvalue weighted by Gasteiger charge is -2.21. The fourth-order valence-corrected chi connectivity index (χ4v) is 2.11. The SMILES string of the molecule is Cc1ccnc(N)c1C(NN)c1c(F)cc(F)cc1F. The zero-order valence-corrected chi connectivity index (χ0v) is 10.6. The second-order valence-corrected chi connectivity index (χ2v) is 4.31. The zero-order chi connectivity index (χ0) is 14.9. The Hall–Kier alpha value is -2.12. The van der Waals surface area contributed by atoms with Crippen LogP contribution in [-0.2, 0) is 0 Å². The number of anilines is 1. The number of nitrogens with zero attached hydrogens (tertiary/aromatic N) is 1. The Morgan fingerprint density at radius 2 is 1.75 bits per heavy atom. The number of rotatable bonds is 3. The smallest absolute Gasteiger partial charge is 0.134 e. The molecule has 0 fully saturated rings. The summed E-state index contributed by atoms with van der Waals surface area (Å²) < 4.78 is 40.7. The molecule has 1 aromatic carbocycles. The summed E-state index contributed by atoms with van der Waals surface area (Å²) in [6, 6.07) is 1.74. The van der Waals surface area contributed by atoms with E-state index >= 15 is 0 Å². The summed E-state index contributed by atoms with van der Waals surface area (Å²) in [4.78, 5) is 3.87. The van der Waals surface area contributed by atoms with E-state index < -0.39 is 29.1 Å². The highest BCUT2D eigenvalue weighted by Gasteiger charge is 2.25. The second kappa shape index (κ2) is 5.48. The van der Waals surface area contributed by atoms with Crippen molar-refractivity contribution in [2.75, 3.05) is 5.73 Å². The van der Waals surface area contributed by atoms with E-state index in [-0.39, 0.29) is 5.82 Å². The van der Waals surface area contributed by atoms with Crippen LogP contribution in [0.15, 0.2) is 24.4 Å². The van der Waals surface area contributed by atoms with Gasteiger partial charge in [-0.3, -0.25) is 5.84 Å². The minimum absolute atomic E-state index is 0.0936. The highest BCUT2D eigenvalue weighted by molar-refractivity contribution is 5.50. The Balaban J connectivity index is 2.65. The first-order chi connectivity index (χ1) is 9.45. The topological polar surface area (TPSA) is 77.0 Å². The van der Waals surface area contributed by atoms with Gasteiger partial charge in [0.15, 0.2) is 0 Å². The number of hydrogen-bond donors (Lipinski definition) is 3. The van der Waals surface area contributed by atoms with Crippen molar-refractivity contribution in [3.05, 3.63) is 58.5 Å². The largest absolute Gasteiger partial charge is 0.383 e. The monoisotopic (exact) mass is 282 g/mol. The molecule has 0 aliphatic heterocycles. The summed E-state index contributed by atoms with van der Waals surface area (Å²) in [5.74, 6) is 2.38. The average molecular weight is 282 g/mol. The van der Waals surface area contributed by atoms with Crippen LogP contribution >= 0.6 is 0 Å². The van der Waals surface area contributed by atoms with Crippen LogP contribution in [0.25, 0.3) is 0 Å². The Kier molecular flexibility index (Phi) is 3.91. The molecule has 0 bridgehead atoms. The molecule has 7 heteroatoms. The highest BCUT2D eigenvalue weighted by atomic mass is 19.1. The standard InChI is InChI=1S/C13H13F3N4/c1-6-2-3-19-13(17)10(6)12(20-18)11-8(15)4-7(14)5-9(11)16/h2-5,12,20H,18H2,1H3,(H2,17,19). The Bertz CT molecular complexity index is 602. The van der Waals surface area contributed by atoms with Gasteiger partial charge < -0.3 is 5.73 Å². The number of nitrogen functional groups attached to an aromatic ring is 1. The lowest BCUT2D eigenvalue weighted by atomic mass is 9.95. The van der Waals surface area contributed by atoms with E-state index in [1.807, 2.05) is 0 Å². The molecule has 1 heterocycles. The van der Waals surface area contributed by atoms with Gasteiger partial charge in [-0.05, 0) is 18.6 Å². The molecule has 0 amide bonds. The summed E-state index contributed by atoms with van der Waals surface area (Å²) in [6.45, 7) is 1.71. The first kappa shape index (κ1) is 14.3. The van der Waals surface area contributed by atoms with Gasteiger partial charge in [0, 0.05) is 29.5 Å². The van der Waals surface area contributed by atoms with Gasteiger partial charge >= 0.3 is 0 Å². The van der Waals surface area contributed by atoms with Crippen molar-refractivity contribution in [1.29, 1.82) is 0 Å². The van der Waals surface area contributed by atoms with Crippen molar-refractivity contribution in [2.24, 2.45) is 5.84 Å². The molecule has 5 N–H and O–H groups in total. The van der Waals surface area contributed by atoms with Crippen molar-refractivity contribution in [2.45, 2.75) is 13.0 Å². The molecular formula is C13H13F3N4. The van der Waals surface area contributed by atoms with Crippen LogP contribution < -0.4 is 17.0 Å². The third kappa shape index (κ3) is 2.45. The van der Waals surface area contributed by atoms with Crippen LogP contribution in [-0.4, -0.2) is 4.98 Å². The molecule has 20 heavy (non-hydrogen) atoms. The average Bonchev–Trinajstić information content (AvgIpc) is 2.35. The molecule has 0 aliphatic rings. The van der Waals surface area contributed by atoms with E-state index in [0.717, 1.165) is 0 Å². The van der Waals surface area contributed by atoms with Crippen molar-refractivity contribution in [3.8, 4) is 0 Å². The third-order valence-corrected chi connectivity index (χ3v) is 3.03. The first-order valence-electron chi connectivity index (χ1n) is 5.77. The molecule has 0 saturated heterocycles. The van der Waals surface area contributed by atoms with Gasteiger partial charge in [-0.15, -0.1) is 0 Å². The Labute approximate surface area is 113 Å². The summed E-state index contributed by atoms with van der Waals surface area (Å²) in [6.07, 6.45) is 1.47. The lowest BCUT2D eigenvalue weighted by molar-refractivity contribution is 0.491. The molecule has 2 rings (SSSR count). The minimum atomic E-state index is -1.07. The van der Waals surface area contributed by atoms with Gasteiger partial charge in [0.25, 0.3) is 0 Å². The van der Waals surface area contributed by atoms with Crippen LogP contribution in [0.4, 0.5) is 19.0 Å². The maximum atomic E-state index is 13.9. The van der Waals surface area contributed by atoms with Crippen molar-refractivity contribution >= 4 is 5.82 Å². The van der Waals surface area contributed by atoms with Gasteiger partial charge in [0.05, 0.1) is 6.04 Å². The van der Waals surface area contributed by atoms with E-state index in [1.54, 1.807) is 13.0 Å². The van der Waals surface area contributed by atoms with Crippen LogP contribution in [0.2, 0.25) is 0 Å². The van der Waals surface area contributed by atoms with Crippen molar-refractivity contribution in [3.63, 3.8) is 0 Å². The number of halogens is 3. The van der Waals surface area contributed by atoms with Crippen molar-refractivity contribution in [1.82, 2.24) is 10.4 Å². The third-order valence-electron chi connectivity index (χ3n) is 3.03. The van der Waals surface area contributed by atoms with Crippen LogP contribution in [0.3, 0.4) is 0 Å². The molecule has 1 unspecified atom stereocenters. The normalized spacial score (nSPS) is 12.4. The van der Waals surface area contributed by atoms with Gasteiger partial charge in [-0.25, -0.2) is 23.6 Å². The van der Waals surface area contributed by atoms with Gasteiger partial charge in [-0.2, -0.15) is 0 Å². The molecule has 0 aliphatic carbocycles. The quantitative estimate of drug-likeness (QED) is 0.594. The number of pyridine rings is 1. The molecule has 0 radical (unpaired) electrons. The summed E-state index contributed by atoms with van der Waals surface area (Å²) in [5, 5.41) is 0. The fourth-order valence-electron chi connectivity index (χ4n) is 2.11. The molecular weight excluding hydrogens is 269 g/mol. The molecule has 1 aromatic heterocycles. The second-order valence-electron chi connectivity index (χ2n) is 4.31. The maximum absolute atomic E-state index is 13.9. The molecule has 106 valence electrons. The fraction of sp³-hybridized carbons (Fsp3) is 0.154. The van der Waals surface area contributed by atoms with E-state index in [1.165, 1.54) is 6.20 Å². The Morgan fingerprint density at radius 3 is 2.25 bits per heavy atom. The van der Waals surface area contributed by atoms with Crippen LogP contribution in [0.5, 0.6) is 0 Å². The Morgan fingerprint density at radius 1 is 1.15 bits per heavy atom. The van der Waals surface area contributed by atoms with Crippen LogP contribution in [0, 0.1) is 24.4 Å². The van der Waals surface area contributed by atoms with Crippen LogP contribution in [0.1, 0.15) is 22.7 Å². The van der Waals surface area contributed by atoms with Crippen molar-refractivity contribution < 1.29 is 13.2 Å². The number of nitrogens with one attached hydrogen (secondary N) is 1. The molecule has 0 saturated carbocycles. The number of benzene rings is 1. The highest BCUT2D eigenvalue weighted by Crippen LogP contribution is 2.31. The minimum Gasteiger partial charge on any atom is -0.383 e. The van der Waals surface area contributed by atoms with Gasteiger partial charge in [0.1, 0.15) is 23.3 Å². The lowest BCUT2D eigenvalue weighted by Crippen LogP contribution is -2.31. The zero-order valence-electron chi connectivity index (χ0n) is 10.6. The summed E-state index contributed by atoms with van der Waals surface area (Å²) in [5.41, 5.74) is 8.63. The number of hydrazine groups is 1. The van der Waals surface area contributed by atoms with E-state index in [0.29, 0.717) is 23.3 Å². The van der Waals surface area contributed by atoms with E-state index in [9.17, 15) is 13.2 Å². The molecule has 1 atom stereocenters. The van der Waals surface area contributed by atoms with E-state index in [4.69, 9.17) is 11.6 Å². The predicted molar refractivity (Wildman–Crippen MR) is 68.9 cm³/mol. The summed E-state index contributed by atoms with van der Waals surface area (Å²) in [7, 11) is 0. The van der Waals surface area contributed by atoms with Gasteiger partial charge in [-0.1, -0.05) is 0 Å². The van der Waals surface area contributed by atoms with Gasteiger partial charge in [0.2, 0.25) is 0 Å². The first-order valence-corrected chi connectivity index (χ1v) is 5.77. The molecule has 4 nitrogen and oxygen atoms in total. The molecule has 2 aromatic rings. The van der Waals surface area contributed by atoms with E-state index in [2.05, 4.69) is 10.4 Å². The number of aromatic nitrogens is 1.